The topological polar surface area (TPSA) is 59.8 Å². The molecule has 0 saturated heterocycles. The number of nitrogens with one attached hydrogen (secondary N) is 1. The lowest BCUT2D eigenvalue weighted by Crippen LogP contribution is -2.38. The van der Waals surface area contributed by atoms with Gasteiger partial charge in [-0.1, -0.05) is 60.0 Å². The second kappa shape index (κ2) is 7.71. The van der Waals surface area contributed by atoms with Gasteiger partial charge in [0.05, 0.1) is 21.3 Å². The quantitative estimate of drug-likeness (QED) is 0.400. The van der Waals surface area contributed by atoms with Gasteiger partial charge >= 0.3 is 0 Å². The van der Waals surface area contributed by atoms with E-state index in [1.54, 1.807) is 11.3 Å². The van der Waals surface area contributed by atoms with Crippen molar-refractivity contribution >= 4 is 44.9 Å². The number of aromatic nitrogens is 3. The summed E-state index contributed by atoms with van der Waals surface area (Å²) in [5.41, 5.74) is 3.69. The average Bonchev–Trinajstić information content (AvgIpc) is 3.58. The molecule has 2 aromatic heterocycles. The molecule has 7 heteroatoms. The van der Waals surface area contributed by atoms with Crippen molar-refractivity contribution in [2.75, 3.05) is 5.32 Å². The lowest BCUT2D eigenvalue weighted by Gasteiger charge is -2.28. The molecule has 1 N–H and O–H groups in total. The Morgan fingerprint density at radius 3 is 2.59 bits per heavy atom. The molecule has 2 aliphatic rings. The van der Waals surface area contributed by atoms with Crippen molar-refractivity contribution in [3.8, 4) is 5.13 Å². The van der Waals surface area contributed by atoms with Gasteiger partial charge < -0.3 is 5.32 Å². The number of nitrogens with zero attached hydrogens (tertiary/aromatic N) is 3. The molecule has 162 valence electrons. The SMILES string of the molecule is O=C(Nc1c2c(nn1-c1nc3ccccc3s1)CCC2)C1(c2ccc(Cl)cc2)CCCC1. The molecule has 0 spiro atoms. The number of aryl methyl sites for hydroxylation is 1. The first kappa shape index (κ1) is 19.9. The molecule has 2 aliphatic carbocycles. The van der Waals surface area contributed by atoms with Crippen molar-refractivity contribution in [2.45, 2.75) is 50.4 Å². The zero-order valence-corrected chi connectivity index (χ0v) is 19.2. The maximum absolute atomic E-state index is 13.9. The number of para-hydroxylation sites is 1. The smallest absolute Gasteiger partial charge is 0.236 e. The van der Waals surface area contributed by atoms with Gasteiger partial charge in [-0.25, -0.2) is 4.98 Å². The Bertz CT molecular complexity index is 1280. The first-order valence-corrected chi connectivity index (χ1v) is 12.4. The third-order valence-electron chi connectivity index (χ3n) is 6.89. The van der Waals surface area contributed by atoms with Crippen LogP contribution in [0.25, 0.3) is 15.3 Å². The predicted octanol–water partition coefficient (Wildman–Crippen LogP) is 6.07. The number of thiazole rings is 1. The summed E-state index contributed by atoms with van der Waals surface area (Å²) in [5, 5.41) is 9.68. The molecule has 0 radical (unpaired) electrons. The third kappa shape index (κ3) is 3.16. The van der Waals surface area contributed by atoms with Gasteiger partial charge in [0, 0.05) is 10.6 Å². The monoisotopic (exact) mass is 462 g/mol. The number of carbonyl (C=O) groups excluding carboxylic acids is 1. The number of hydrogen-bond donors (Lipinski definition) is 1. The number of hydrogen-bond acceptors (Lipinski definition) is 4. The fourth-order valence-electron chi connectivity index (χ4n) is 5.23. The summed E-state index contributed by atoms with van der Waals surface area (Å²) in [5.74, 6) is 0.844. The van der Waals surface area contributed by atoms with Gasteiger partial charge in [-0.05, 0) is 61.9 Å². The molecule has 6 rings (SSSR count). The van der Waals surface area contributed by atoms with Crippen molar-refractivity contribution in [3.63, 3.8) is 0 Å². The average molecular weight is 463 g/mol. The second-order valence-corrected chi connectivity index (χ2v) is 10.2. The van der Waals surface area contributed by atoms with E-state index in [4.69, 9.17) is 21.7 Å². The number of benzene rings is 2. The zero-order chi connectivity index (χ0) is 21.7. The van der Waals surface area contributed by atoms with E-state index in [2.05, 4.69) is 11.4 Å². The van der Waals surface area contributed by atoms with E-state index >= 15 is 0 Å². The molecule has 1 fully saturated rings. The Balaban J connectivity index is 1.42. The zero-order valence-electron chi connectivity index (χ0n) is 17.6. The van der Waals surface area contributed by atoms with Crippen LogP contribution >= 0.6 is 22.9 Å². The molecular weight excluding hydrogens is 440 g/mol. The number of halogens is 1. The van der Waals surface area contributed by atoms with E-state index in [0.29, 0.717) is 5.02 Å². The van der Waals surface area contributed by atoms with Gasteiger partial charge in [-0.3, -0.25) is 4.79 Å². The van der Waals surface area contributed by atoms with Crippen molar-refractivity contribution in [1.29, 1.82) is 0 Å². The minimum atomic E-state index is -0.529. The number of rotatable bonds is 4. The highest BCUT2D eigenvalue weighted by atomic mass is 35.5. The highest BCUT2D eigenvalue weighted by Crippen LogP contribution is 2.43. The minimum absolute atomic E-state index is 0.0503. The van der Waals surface area contributed by atoms with Crippen LogP contribution < -0.4 is 5.32 Å². The maximum Gasteiger partial charge on any atom is 0.236 e. The molecule has 2 heterocycles. The van der Waals surface area contributed by atoms with Crippen LogP contribution in [-0.4, -0.2) is 20.7 Å². The van der Waals surface area contributed by atoms with Crippen molar-refractivity contribution < 1.29 is 4.79 Å². The van der Waals surface area contributed by atoms with Gasteiger partial charge in [0.1, 0.15) is 5.82 Å². The van der Waals surface area contributed by atoms with Crippen LogP contribution in [0.3, 0.4) is 0 Å². The molecule has 1 amide bonds. The van der Waals surface area contributed by atoms with E-state index in [9.17, 15) is 4.79 Å². The first-order chi connectivity index (χ1) is 15.6. The Morgan fingerprint density at radius 1 is 1.03 bits per heavy atom. The predicted molar refractivity (Wildman–Crippen MR) is 129 cm³/mol. The maximum atomic E-state index is 13.9. The van der Waals surface area contributed by atoms with Gasteiger partial charge in [-0.2, -0.15) is 9.78 Å². The van der Waals surface area contributed by atoms with E-state index in [0.717, 1.165) is 82.9 Å². The van der Waals surface area contributed by atoms with Gasteiger partial charge in [0.2, 0.25) is 11.0 Å². The van der Waals surface area contributed by atoms with Gasteiger partial charge in [0.25, 0.3) is 0 Å². The Morgan fingerprint density at radius 2 is 1.81 bits per heavy atom. The highest BCUT2D eigenvalue weighted by Gasteiger charge is 2.43. The van der Waals surface area contributed by atoms with Crippen LogP contribution in [0.1, 0.15) is 48.9 Å². The molecule has 0 atom stereocenters. The molecule has 5 nitrogen and oxygen atoms in total. The standard InChI is InChI=1S/C25H23ClN4OS/c26-17-12-10-16(11-13-17)25(14-3-4-15-25)23(31)28-22-18-6-5-8-19(18)29-30(22)24-27-20-7-1-2-9-21(20)32-24/h1-2,7,9-13H,3-6,8,14-15H2,(H,28,31). The van der Waals surface area contributed by atoms with Crippen LogP contribution in [0.15, 0.2) is 48.5 Å². The van der Waals surface area contributed by atoms with E-state index < -0.39 is 5.41 Å². The summed E-state index contributed by atoms with van der Waals surface area (Å²) >= 11 is 7.73. The van der Waals surface area contributed by atoms with Gasteiger partial charge in [-0.15, -0.1) is 0 Å². The number of carbonyl (C=O) groups is 1. The van der Waals surface area contributed by atoms with Crippen LogP contribution in [0.4, 0.5) is 5.82 Å². The van der Waals surface area contributed by atoms with E-state index in [1.807, 2.05) is 47.1 Å². The first-order valence-electron chi connectivity index (χ1n) is 11.2. The number of fused-ring (bicyclic) bond motifs is 2. The summed E-state index contributed by atoms with van der Waals surface area (Å²) in [4.78, 5) is 18.7. The molecule has 32 heavy (non-hydrogen) atoms. The summed E-state index contributed by atoms with van der Waals surface area (Å²) < 4.78 is 2.97. The van der Waals surface area contributed by atoms with Crippen LogP contribution in [0.2, 0.25) is 5.02 Å². The normalized spacial score (nSPS) is 17.0. The summed E-state index contributed by atoms with van der Waals surface area (Å²) in [6, 6.07) is 15.9. The third-order valence-corrected chi connectivity index (χ3v) is 8.16. The Hall–Kier alpha value is -2.70. The number of amides is 1. The van der Waals surface area contributed by atoms with Crippen molar-refractivity contribution in [3.05, 3.63) is 70.4 Å². The molecular formula is C25H23ClN4OS. The van der Waals surface area contributed by atoms with Crippen LogP contribution in [-0.2, 0) is 23.1 Å². The van der Waals surface area contributed by atoms with Crippen LogP contribution in [0.5, 0.6) is 0 Å². The summed E-state index contributed by atoms with van der Waals surface area (Å²) in [7, 11) is 0. The van der Waals surface area contributed by atoms with Crippen molar-refractivity contribution in [1.82, 2.24) is 14.8 Å². The molecule has 4 aromatic rings. The fourth-order valence-corrected chi connectivity index (χ4v) is 6.28. The summed E-state index contributed by atoms with van der Waals surface area (Å²) in [6.45, 7) is 0. The minimum Gasteiger partial charge on any atom is -0.309 e. The largest absolute Gasteiger partial charge is 0.309 e. The fraction of sp³-hybridized carbons (Fsp3) is 0.320. The summed E-state index contributed by atoms with van der Waals surface area (Å²) in [6.07, 6.45) is 6.73. The lowest BCUT2D eigenvalue weighted by atomic mass is 9.78. The molecule has 2 aromatic carbocycles. The lowest BCUT2D eigenvalue weighted by molar-refractivity contribution is -0.121. The van der Waals surface area contributed by atoms with Crippen LogP contribution in [0, 0.1) is 0 Å². The number of anilines is 1. The Labute approximate surface area is 195 Å². The van der Waals surface area contributed by atoms with E-state index in [-0.39, 0.29) is 5.91 Å². The highest BCUT2D eigenvalue weighted by molar-refractivity contribution is 7.20. The molecule has 0 unspecified atom stereocenters. The van der Waals surface area contributed by atoms with Crippen molar-refractivity contribution in [2.24, 2.45) is 0 Å². The Kier molecular flexibility index (Phi) is 4.81. The molecule has 1 saturated carbocycles. The molecule has 0 bridgehead atoms. The van der Waals surface area contributed by atoms with Gasteiger partial charge in [0.15, 0.2) is 0 Å². The van der Waals surface area contributed by atoms with E-state index in [1.165, 1.54) is 0 Å². The molecule has 0 aliphatic heterocycles. The second-order valence-electron chi connectivity index (χ2n) is 8.75.